The van der Waals surface area contributed by atoms with Gasteiger partial charge in [0.15, 0.2) is 0 Å². The highest BCUT2D eigenvalue weighted by Gasteiger charge is 2.28. The fourth-order valence-electron chi connectivity index (χ4n) is 2.66. The van der Waals surface area contributed by atoms with Gasteiger partial charge in [0.2, 0.25) is 5.91 Å². The Bertz CT molecular complexity index is 429. The molecule has 1 aromatic carbocycles. The summed E-state index contributed by atoms with van der Waals surface area (Å²) in [4.78, 5) is 12.2. The van der Waals surface area contributed by atoms with E-state index in [4.69, 9.17) is 4.74 Å². The zero-order valence-corrected chi connectivity index (χ0v) is 12.0. The van der Waals surface area contributed by atoms with Crippen molar-refractivity contribution in [2.75, 3.05) is 20.3 Å². The molecule has 1 aliphatic carbocycles. The number of hydrogen-bond acceptors (Lipinski definition) is 2. The Balaban J connectivity index is 1.86. The molecule has 0 radical (unpaired) electrons. The van der Waals surface area contributed by atoms with Crippen molar-refractivity contribution in [1.82, 2.24) is 5.32 Å². The Morgan fingerprint density at radius 1 is 1.32 bits per heavy atom. The number of amides is 1. The first kappa shape index (κ1) is 14.1. The molecule has 19 heavy (non-hydrogen) atoms. The quantitative estimate of drug-likeness (QED) is 0.882. The summed E-state index contributed by atoms with van der Waals surface area (Å²) in [6.07, 6.45) is 1.74. The first-order chi connectivity index (χ1) is 9.02. The van der Waals surface area contributed by atoms with E-state index < -0.39 is 0 Å². The van der Waals surface area contributed by atoms with Gasteiger partial charge in [0.05, 0.1) is 6.61 Å². The molecule has 0 atom stereocenters. The Hall–Kier alpha value is -1.35. The molecule has 0 unspecified atom stereocenters. The molecule has 0 saturated heterocycles. The summed E-state index contributed by atoms with van der Waals surface area (Å²) in [5, 5.41) is 3.07. The summed E-state index contributed by atoms with van der Waals surface area (Å²) in [6.45, 7) is 5.51. The van der Waals surface area contributed by atoms with Crippen molar-refractivity contribution in [3.63, 3.8) is 0 Å². The van der Waals surface area contributed by atoms with Crippen LogP contribution in [0.15, 0.2) is 24.3 Å². The van der Waals surface area contributed by atoms with Gasteiger partial charge in [-0.15, -0.1) is 0 Å². The van der Waals surface area contributed by atoms with Gasteiger partial charge in [0.1, 0.15) is 0 Å². The summed E-state index contributed by atoms with van der Waals surface area (Å²) in [5.74, 6) is 0.260. The molecule has 1 aromatic rings. The van der Waals surface area contributed by atoms with Crippen molar-refractivity contribution < 1.29 is 9.53 Å². The second-order valence-corrected chi connectivity index (χ2v) is 6.19. The van der Waals surface area contributed by atoms with E-state index in [1.54, 1.807) is 7.11 Å². The Labute approximate surface area is 115 Å². The molecule has 0 bridgehead atoms. The predicted molar refractivity (Wildman–Crippen MR) is 76.0 cm³/mol. The van der Waals surface area contributed by atoms with Gasteiger partial charge in [-0.2, -0.15) is 0 Å². The molecule has 1 N–H and O–H groups in total. The molecule has 0 fully saturated rings. The fourth-order valence-corrected chi connectivity index (χ4v) is 2.66. The average Bonchev–Trinajstić information content (AvgIpc) is 2.79. The lowest BCUT2D eigenvalue weighted by Crippen LogP contribution is -2.39. The molecule has 3 nitrogen and oxygen atoms in total. The maximum Gasteiger partial charge on any atom is 0.223 e. The third-order valence-corrected chi connectivity index (χ3v) is 3.70. The zero-order chi connectivity index (χ0) is 13.9. The summed E-state index contributed by atoms with van der Waals surface area (Å²) in [5.41, 5.74) is 2.62. The highest BCUT2D eigenvalue weighted by Crippen LogP contribution is 2.26. The van der Waals surface area contributed by atoms with Gasteiger partial charge >= 0.3 is 0 Å². The molecular weight excluding hydrogens is 238 g/mol. The van der Waals surface area contributed by atoms with Gasteiger partial charge in [-0.25, -0.2) is 0 Å². The number of hydrogen-bond donors (Lipinski definition) is 1. The largest absolute Gasteiger partial charge is 0.384 e. The molecule has 3 heteroatoms. The van der Waals surface area contributed by atoms with Gasteiger partial charge in [-0.3, -0.25) is 4.79 Å². The summed E-state index contributed by atoms with van der Waals surface area (Å²) >= 11 is 0. The molecule has 0 aliphatic heterocycles. The minimum Gasteiger partial charge on any atom is -0.384 e. The molecule has 0 saturated carbocycles. The second kappa shape index (κ2) is 5.74. The predicted octanol–water partition coefficient (Wildman–Crippen LogP) is 2.19. The number of nitrogens with one attached hydrogen (secondary N) is 1. The van der Waals surface area contributed by atoms with Crippen LogP contribution in [0.3, 0.4) is 0 Å². The van der Waals surface area contributed by atoms with Crippen molar-refractivity contribution in [2.45, 2.75) is 26.7 Å². The lowest BCUT2D eigenvalue weighted by Gasteiger charge is -2.24. The van der Waals surface area contributed by atoms with Gasteiger partial charge in [-0.05, 0) is 24.0 Å². The Kier molecular flexibility index (Phi) is 4.25. The maximum absolute atomic E-state index is 12.2. The topological polar surface area (TPSA) is 38.3 Å². The molecular formula is C16H23NO2. The first-order valence-corrected chi connectivity index (χ1v) is 6.85. The molecule has 1 aliphatic rings. The van der Waals surface area contributed by atoms with Crippen LogP contribution in [0.4, 0.5) is 0 Å². The van der Waals surface area contributed by atoms with Gasteiger partial charge < -0.3 is 10.1 Å². The molecule has 0 aromatic heterocycles. The monoisotopic (exact) mass is 261 g/mol. The fraction of sp³-hybridized carbons (Fsp3) is 0.562. The van der Waals surface area contributed by atoms with Gasteiger partial charge in [0.25, 0.3) is 0 Å². The van der Waals surface area contributed by atoms with E-state index in [2.05, 4.69) is 31.3 Å². The van der Waals surface area contributed by atoms with Crippen molar-refractivity contribution in [3.05, 3.63) is 35.4 Å². The van der Waals surface area contributed by atoms with E-state index in [1.807, 2.05) is 12.1 Å². The minimum atomic E-state index is -0.0180. The molecule has 0 spiro atoms. The summed E-state index contributed by atoms with van der Waals surface area (Å²) < 4.78 is 5.16. The number of benzene rings is 1. The lowest BCUT2D eigenvalue weighted by atomic mass is 9.94. The minimum absolute atomic E-state index is 0.0180. The third kappa shape index (κ3) is 3.57. The van der Waals surface area contributed by atoms with E-state index in [9.17, 15) is 4.79 Å². The Morgan fingerprint density at radius 2 is 1.89 bits per heavy atom. The van der Waals surface area contributed by atoms with Crippen LogP contribution in [0, 0.1) is 11.3 Å². The van der Waals surface area contributed by atoms with E-state index in [1.165, 1.54) is 11.1 Å². The molecule has 2 rings (SSSR count). The lowest BCUT2D eigenvalue weighted by molar-refractivity contribution is -0.125. The van der Waals surface area contributed by atoms with Gasteiger partial charge in [0, 0.05) is 25.0 Å². The SMILES string of the molecule is COCC(C)(C)CNC(=O)C1Cc2ccccc2C1. The standard InChI is InChI=1S/C16H23NO2/c1-16(2,11-19-3)10-17-15(18)14-8-12-6-4-5-7-13(12)9-14/h4-7,14H,8-11H2,1-3H3,(H,17,18). The van der Waals surface area contributed by atoms with Gasteiger partial charge in [-0.1, -0.05) is 38.1 Å². The van der Waals surface area contributed by atoms with Crippen LogP contribution in [-0.4, -0.2) is 26.2 Å². The highest BCUT2D eigenvalue weighted by molar-refractivity contribution is 5.80. The molecule has 1 amide bonds. The number of carbonyl (C=O) groups excluding carboxylic acids is 1. The van der Waals surface area contributed by atoms with E-state index in [-0.39, 0.29) is 17.2 Å². The normalized spacial score (nSPS) is 15.3. The third-order valence-electron chi connectivity index (χ3n) is 3.70. The van der Waals surface area contributed by atoms with Crippen LogP contribution in [0.1, 0.15) is 25.0 Å². The van der Waals surface area contributed by atoms with Crippen LogP contribution >= 0.6 is 0 Å². The first-order valence-electron chi connectivity index (χ1n) is 6.85. The summed E-state index contributed by atoms with van der Waals surface area (Å²) in [7, 11) is 1.69. The second-order valence-electron chi connectivity index (χ2n) is 6.19. The van der Waals surface area contributed by atoms with Crippen molar-refractivity contribution in [1.29, 1.82) is 0 Å². The molecule has 0 heterocycles. The summed E-state index contributed by atoms with van der Waals surface area (Å²) in [6, 6.07) is 8.33. The van der Waals surface area contributed by atoms with Crippen LogP contribution in [0.5, 0.6) is 0 Å². The number of fused-ring (bicyclic) bond motifs is 1. The number of carbonyl (C=O) groups is 1. The van der Waals surface area contributed by atoms with Crippen molar-refractivity contribution >= 4 is 5.91 Å². The van der Waals surface area contributed by atoms with Crippen molar-refractivity contribution in [3.8, 4) is 0 Å². The van der Waals surface area contributed by atoms with E-state index >= 15 is 0 Å². The molecule has 104 valence electrons. The van der Waals surface area contributed by atoms with Crippen LogP contribution in [-0.2, 0) is 22.4 Å². The average molecular weight is 261 g/mol. The highest BCUT2D eigenvalue weighted by atomic mass is 16.5. The van der Waals surface area contributed by atoms with E-state index in [0.29, 0.717) is 13.2 Å². The number of ether oxygens (including phenoxy) is 1. The number of rotatable bonds is 5. The smallest absolute Gasteiger partial charge is 0.223 e. The van der Waals surface area contributed by atoms with Crippen LogP contribution in [0.2, 0.25) is 0 Å². The van der Waals surface area contributed by atoms with Crippen LogP contribution < -0.4 is 5.32 Å². The van der Waals surface area contributed by atoms with E-state index in [0.717, 1.165) is 12.8 Å². The Morgan fingerprint density at radius 3 is 2.42 bits per heavy atom. The van der Waals surface area contributed by atoms with Crippen LogP contribution in [0.25, 0.3) is 0 Å². The zero-order valence-electron chi connectivity index (χ0n) is 12.0. The van der Waals surface area contributed by atoms with Crippen molar-refractivity contribution in [2.24, 2.45) is 11.3 Å². The number of methoxy groups -OCH3 is 1. The maximum atomic E-state index is 12.2.